The summed E-state index contributed by atoms with van der Waals surface area (Å²) in [5, 5.41) is 20.3. The number of ether oxygens (including phenoxy) is 1. The van der Waals surface area contributed by atoms with Crippen molar-refractivity contribution in [1.29, 1.82) is 0 Å². The largest absolute Gasteiger partial charge is 0.504 e. The van der Waals surface area contributed by atoms with E-state index in [1.165, 1.54) is 55.6 Å². The maximum absolute atomic E-state index is 12.9. The monoisotopic (exact) mass is 591 g/mol. The van der Waals surface area contributed by atoms with Gasteiger partial charge >= 0.3 is 12.4 Å². The molecule has 0 radical (unpaired) electrons. The van der Waals surface area contributed by atoms with Crippen LogP contribution in [0.4, 0.5) is 32.0 Å². The first-order valence-electron chi connectivity index (χ1n) is 11.7. The van der Waals surface area contributed by atoms with Crippen LogP contribution < -0.4 is 4.74 Å². The van der Waals surface area contributed by atoms with E-state index in [1.807, 2.05) is 0 Å². The second-order valence-corrected chi connectivity index (χ2v) is 8.41. The maximum atomic E-state index is 12.9. The first-order valence-corrected chi connectivity index (χ1v) is 11.7. The fourth-order valence-corrected chi connectivity index (χ4v) is 3.80. The number of nitrogens with zero attached hydrogens (tertiary/aromatic N) is 1. The van der Waals surface area contributed by atoms with Gasteiger partial charge in [-0.1, -0.05) is 48.5 Å². The summed E-state index contributed by atoms with van der Waals surface area (Å²) in [6.07, 6.45) is -9.33. The standard InChI is InChI=1S/C15H11F3O3.C14H8F3NO3/c1-21-13-8-9(6-7-12(13)19)14(20)10-4-2-3-5-11(10)15(16,17)18;15-14(16,17)11-7-3-1-5-9(11)13(19)10-6-2-4-8-12(10)18(20)21/h2-8,19H,1H3;1-8H. The van der Waals surface area contributed by atoms with Crippen molar-refractivity contribution >= 4 is 17.3 Å². The molecule has 1 N–H and O–H groups in total. The highest BCUT2D eigenvalue weighted by Gasteiger charge is 2.36. The lowest BCUT2D eigenvalue weighted by atomic mass is 9.97. The zero-order valence-electron chi connectivity index (χ0n) is 21.4. The molecule has 0 fully saturated rings. The number of rotatable bonds is 6. The number of nitro benzene ring substituents is 1. The van der Waals surface area contributed by atoms with Crippen molar-refractivity contribution in [3.8, 4) is 11.5 Å². The molecule has 4 aromatic rings. The molecule has 0 atom stereocenters. The van der Waals surface area contributed by atoms with Crippen LogP contribution in [0.3, 0.4) is 0 Å². The number of nitro groups is 1. The van der Waals surface area contributed by atoms with Crippen LogP contribution in [0.5, 0.6) is 11.5 Å². The fraction of sp³-hybridized carbons (Fsp3) is 0.103. The van der Waals surface area contributed by atoms with Crippen LogP contribution in [0.2, 0.25) is 0 Å². The van der Waals surface area contributed by atoms with E-state index in [9.17, 15) is 51.2 Å². The number of ketones is 2. The summed E-state index contributed by atoms with van der Waals surface area (Å²) < 4.78 is 82.3. The molecule has 0 heterocycles. The number of methoxy groups -OCH3 is 1. The summed E-state index contributed by atoms with van der Waals surface area (Å²) in [4.78, 5) is 34.6. The second-order valence-electron chi connectivity index (χ2n) is 8.41. The van der Waals surface area contributed by atoms with Gasteiger partial charge in [0.05, 0.1) is 23.2 Å². The topological polar surface area (TPSA) is 107 Å². The van der Waals surface area contributed by atoms with Crippen molar-refractivity contribution in [2.75, 3.05) is 7.11 Å². The molecule has 0 unspecified atom stereocenters. The molecule has 4 rings (SSSR count). The number of benzene rings is 4. The maximum Gasteiger partial charge on any atom is 0.417 e. The van der Waals surface area contributed by atoms with Gasteiger partial charge in [-0.3, -0.25) is 19.7 Å². The third-order valence-electron chi connectivity index (χ3n) is 5.74. The minimum absolute atomic E-state index is 0.00125. The fourth-order valence-electron chi connectivity index (χ4n) is 3.80. The summed E-state index contributed by atoms with van der Waals surface area (Å²) in [5.74, 6) is -2.00. The van der Waals surface area contributed by atoms with E-state index in [0.717, 1.165) is 42.5 Å². The smallest absolute Gasteiger partial charge is 0.417 e. The third kappa shape index (κ3) is 7.11. The van der Waals surface area contributed by atoms with E-state index < -0.39 is 56.8 Å². The summed E-state index contributed by atoms with van der Waals surface area (Å²) >= 11 is 0. The summed E-state index contributed by atoms with van der Waals surface area (Å²) in [6, 6.07) is 17.3. The number of carbonyl (C=O) groups excluding carboxylic acids is 2. The van der Waals surface area contributed by atoms with Gasteiger partial charge in [0.1, 0.15) is 5.56 Å². The highest BCUT2D eigenvalue weighted by molar-refractivity contribution is 6.12. The molecule has 7 nitrogen and oxygen atoms in total. The normalized spacial score (nSPS) is 11.2. The summed E-state index contributed by atoms with van der Waals surface area (Å²) in [6.45, 7) is 0. The first kappa shape index (κ1) is 31.3. The predicted molar refractivity (Wildman–Crippen MR) is 138 cm³/mol. The molecule has 0 aromatic heterocycles. The van der Waals surface area contributed by atoms with Gasteiger partial charge < -0.3 is 9.84 Å². The Kier molecular flexibility index (Phi) is 9.35. The van der Waals surface area contributed by atoms with Gasteiger partial charge in [-0.25, -0.2) is 0 Å². The SMILES string of the molecule is COc1cc(C(=O)c2ccccc2C(F)(F)F)ccc1O.O=C(c1ccccc1[N+](=O)[O-])c1ccccc1C(F)(F)F. The molecule has 218 valence electrons. The number of aromatic hydroxyl groups is 1. The van der Waals surface area contributed by atoms with Crippen molar-refractivity contribution in [2.24, 2.45) is 0 Å². The average molecular weight is 591 g/mol. The Morgan fingerprint density at radius 2 is 1.17 bits per heavy atom. The first-order chi connectivity index (χ1) is 19.7. The van der Waals surface area contributed by atoms with E-state index in [-0.39, 0.29) is 22.6 Å². The number of carbonyl (C=O) groups is 2. The Labute approximate surface area is 233 Å². The van der Waals surface area contributed by atoms with Crippen LogP contribution in [0.25, 0.3) is 0 Å². The minimum atomic E-state index is -4.71. The quantitative estimate of drug-likeness (QED) is 0.108. The zero-order valence-corrected chi connectivity index (χ0v) is 21.4. The third-order valence-corrected chi connectivity index (χ3v) is 5.74. The van der Waals surface area contributed by atoms with Crippen LogP contribution >= 0.6 is 0 Å². The van der Waals surface area contributed by atoms with Crippen molar-refractivity contribution in [1.82, 2.24) is 0 Å². The Morgan fingerprint density at radius 1 is 0.714 bits per heavy atom. The van der Waals surface area contributed by atoms with E-state index >= 15 is 0 Å². The van der Waals surface area contributed by atoms with Crippen molar-refractivity contribution < 1.29 is 50.7 Å². The Hall–Kier alpha value is -5.20. The second kappa shape index (κ2) is 12.5. The molecule has 42 heavy (non-hydrogen) atoms. The zero-order chi connectivity index (χ0) is 31.2. The van der Waals surface area contributed by atoms with Crippen LogP contribution in [0.15, 0.2) is 91.0 Å². The van der Waals surface area contributed by atoms with Gasteiger partial charge in [-0.15, -0.1) is 0 Å². The lowest BCUT2D eigenvalue weighted by Gasteiger charge is -2.12. The molecular formula is C29H19F6NO6. The molecule has 0 bridgehead atoms. The number of alkyl halides is 6. The van der Waals surface area contributed by atoms with Gasteiger partial charge in [0.2, 0.25) is 5.78 Å². The van der Waals surface area contributed by atoms with Gasteiger partial charge in [0, 0.05) is 22.8 Å². The molecule has 0 amide bonds. The van der Waals surface area contributed by atoms with Gasteiger partial charge in [0.25, 0.3) is 5.69 Å². The van der Waals surface area contributed by atoms with Gasteiger partial charge in [0.15, 0.2) is 17.3 Å². The molecule has 4 aromatic carbocycles. The minimum Gasteiger partial charge on any atom is -0.504 e. The number of hydrogen-bond donors (Lipinski definition) is 1. The van der Waals surface area contributed by atoms with Crippen molar-refractivity contribution in [3.63, 3.8) is 0 Å². The summed E-state index contributed by atoms with van der Waals surface area (Å²) in [5.41, 5.74) is -4.08. The van der Waals surface area contributed by atoms with Crippen LogP contribution in [-0.4, -0.2) is 28.7 Å². The lowest BCUT2D eigenvalue weighted by molar-refractivity contribution is -0.385. The van der Waals surface area contributed by atoms with Crippen LogP contribution in [0, 0.1) is 10.1 Å². The van der Waals surface area contributed by atoms with Gasteiger partial charge in [-0.2, -0.15) is 26.3 Å². The Bertz CT molecular complexity index is 1630. The predicted octanol–water partition coefficient (Wildman–Crippen LogP) is 7.50. The Balaban J connectivity index is 0.000000230. The molecule has 13 heteroatoms. The molecule has 0 spiro atoms. The highest BCUT2D eigenvalue weighted by atomic mass is 19.4. The molecule has 0 aliphatic rings. The van der Waals surface area contributed by atoms with Crippen molar-refractivity contribution in [3.05, 3.63) is 134 Å². The molecular weight excluding hydrogens is 572 g/mol. The Morgan fingerprint density at radius 3 is 1.64 bits per heavy atom. The van der Waals surface area contributed by atoms with E-state index in [2.05, 4.69) is 0 Å². The number of phenolic OH excluding ortho intramolecular Hbond substituents is 1. The number of phenols is 1. The van der Waals surface area contributed by atoms with Crippen LogP contribution in [-0.2, 0) is 12.4 Å². The van der Waals surface area contributed by atoms with E-state index in [1.54, 1.807) is 0 Å². The number of para-hydroxylation sites is 1. The van der Waals surface area contributed by atoms with Crippen LogP contribution in [0.1, 0.15) is 43.0 Å². The molecule has 0 aliphatic carbocycles. The molecule has 0 saturated carbocycles. The van der Waals surface area contributed by atoms with E-state index in [0.29, 0.717) is 0 Å². The average Bonchev–Trinajstić information content (AvgIpc) is 2.96. The highest BCUT2D eigenvalue weighted by Crippen LogP contribution is 2.35. The van der Waals surface area contributed by atoms with Crippen molar-refractivity contribution in [2.45, 2.75) is 12.4 Å². The lowest BCUT2D eigenvalue weighted by Crippen LogP contribution is -2.14. The number of hydrogen-bond acceptors (Lipinski definition) is 6. The summed E-state index contributed by atoms with van der Waals surface area (Å²) in [7, 11) is 1.28. The van der Waals surface area contributed by atoms with Gasteiger partial charge in [-0.05, 0) is 36.4 Å². The number of halogens is 6. The molecule has 0 saturated heterocycles. The van der Waals surface area contributed by atoms with E-state index in [4.69, 9.17) is 4.74 Å². The molecule has 0 aliphatic heterocycles.